The number of aryl methyl sites for hydroxylation is 2. The normalized spacial score (nSPS) is 13.0. The molecule has 0 spiro atoms. The summed E-state index contributed by atoms with van der Waals surface area (Å²) in [4.78, 5) is 53.5. The number of aromatic nitrogens is 2. The lowest BCUT2D eigenvalue weighted by atomic mass is 9.84. The van der Waals surface area contributed by atoms with Crippen molar-refractivity contribution in [3.63, 3.8) is 0 Å². The van der Waals surface area contributed by atoms with E-state index in [1.54, 1.807) is 6.92 Å². The first-order valence-electron chi connectivity index (χ1n) is 7.03. The van der Waals surface area contributed by atoms with Crippen LogP contribution in [0.1, 0.15) is 56.6 Å². The molecule has 0 saturated heterocycles. The van der Waals surface area contributed by atoms with Crippen molar-refractivity contribution in [2.75, 3.05) is 0 Å². The van der Waals surface area contributed by atoms with Crippen molar-refractivity contribution in [1.82, 2.24) is 9.97 Å². The number of ketones is 2. The molecule has 0 aliphatic heterocycles. The van der Waals surface area contributed by atoms with Crippen molar-refractivity contribution in [2.45, 2.75) is 26.7 Å². The van der Waals surface area contributed by atoms with Gasteiger partial charge in [0.05, 0.1) is 11.1 Å². The summed E-state index contributed by atoms with van der Waals surface area (Å²) in [6.07, 6.45) is 1.28. The van der Waals surface area contributed by atoms with E-state index in [1.807, 2.05) is 6.92 Å². The molecule has 1 aliphatic carbocycles. The molecule has 0 atom stereocenters. The van der Waals surface area contributed by atoms with Crippen LogP contribution < -0.4 is 11.1 Å². The Morgan fingerprint density at radius 1 is 0.864 bits per heavy atom. The Hall–Kier alpha value is -2.76. The zero-order chi connectivity index (χ0) is 16.0. The van der Waals surface area contributed by atoms with Crippen LogP contribution in [0.3, 0.4) is 0 Å². The van der Waals surface area contributed by atoms with Gasteiger partial charge in [0.15, 0.2) is 5.78 Å². The number of H-pyrrole nitrogens is 2. The van der Waals surface area contributed by atoms with Crippen molar-refractivity contribution in [2.24, 2.45) is 0 Å². The second kappa shape index (κ2) is 4.91. The molecule has 0 saturated carbocycles. The monoisotopic (exact) mass is 298 g/mol. The van der Waals surface area contributed by atoms with Gasteiger partial charge in [-0.1, -0.05) is 13.3 Å². The third kappa shape index (κ3) is 1.95. The molecule has 0 aromatic carbocycles. The van der Waals surface area contributed by atoms with Crippen molar-refractivity contribution < 1.29 is 9.59 Å². The largest absolute Gasteiger partial charge is 0.318 e. The fourth-order valence-electron chi connectivity index (χ4n) is 2.91. The van der Waals surface area contributed by atoms with Gasteiger partial charge in [-0.05, 0) is 24.5 Å². The van der Waals surface area contributed by atoms with Crippen LogP contribution in [-0.4, -0.2) is 21.5 Å². The first-order chi connectivity index (χ1) is 10.4. The highest BCUT2D eigenvalue weighted by molar-refractivity contribution is 6.27. The van der Waals surface area contributed by atoms with Gasteiger partial charge in [-0.25, -0.2) is 0 Å². The van der Waals surface area contributed by atoms with Crippen molar-refractivity contribution in [3.8, 4) is 0 Å². The van der Waals surface area contributed by atoms with Gasteiger partial charge in [0.25, 0.3) is 0 Å². The Morgan fingerprint density at radius 2 is 1.45 bits per heavy atom. The summed E-state index contributed by atoms with van der Waals surface area (Å²) in [5.41, 5.74) is 0.513. The molecule has 2 aromatic rings. The standard InChI is InChI=1S/C16H14N2O4/c1-3-4-8-6-10(20)18-14-12(8)15(21)11-7(2)5-9(19)17-13(11)16(14)22/h5-6H,3-4H2,1-2H3,(H,17,19)(H,18,20). The first kappa shape index (κ1) is 14.2. The molecule has 0 amide bonds. The van der Waals surface area contributed by atoms with E-state index < -0.39 is 16.9 Å². The number of carbonyl (C=O) groups excluding carboxylic acids is 2. The van der Waals surface area contributed by atoms with E-state index in [2.05, 4.69) is 9.97 Å². The Morgan fingerprint density at radius 3 is 2.09 bits per heavy atom. The minimum Gasteiger partial charge on any atom is -0.318 e. The number of carbonyl (C=O) groups is 2. The van der Waals surface area contributed by atoms with Gasteiger partial charge in [-0.15, -0.1) is 0 Å². The third-order valence-corrected chi connectivity index (χ3v) is 3.79. The lowest BCUT2D eigenvalue weighted by Gasteiger charge is -2.20. The van der Waals surface area contributed by atoms with Gasteiger partial charge in [0.2, 0.25) is 16.9 Å². The van der Waals surface area contributed by atoms with Gasteiger partial charge < -0.3 is 9.97 Å². The lowest BCUT2D eigenvalue weighted by Crippen LogP contribution is -2.31. The minimum absolute atomic E-state index is 0.0327. The van der Waals surface area contributed by atoms with Crippen LogP contribution in [0.2, 0.25) is 0 Å². The second-order valence-electron chi connectivity index (χ2n) is 5.38. The molecular formula is C16H14N2O4. The highest BCUT2D eigenvalue weighted by atomic mass is 16.2. The first-order valence-corrected chi connectivity index (χ1v) is 7.03. The molecule has 2 heterocycles. The molecule has 0 unspecified atom stereocenters. The van der Waals surface area contributed by atoms with Crippen LogP contribution in [0.4, 0.5) is 0 Å². The van der Waals surface area contributed by atoms with Crippen LogP contribution in [0.15, 0.2) is 21.7 Å². The number of nitrogens with one attached hydrogen (secondary N) is 2. The van der Waals surface area contributed by atoms with Gasteiger partial charge in [-0.3, -0.25) is 19.2 Å². The summed E-state index contributed by atoms with van der Waals surface area (Å²) in [7, 11) is 0. The molecule has 6 heteroatoms. The zero-order valence-electron chi connectivity index (χ0n) is 12.2. The summed E-state index contributed by atoms with van der Waals surface area (Å²) in [5, 5.41) is 0. The van der Waals surface area contributed by atoms with E-state index in [4.69, 9.17) is 0 Å². The van der Waals surface area contributed by atoms with Crippen LogP contribution in [0, 0.1) is 6.92 Å². The number of hydrogen-bond acceptors (Lipinski definition) is 4. The van der Waals surface area contributed by atoms with Gasteiger partial charge in [0.1, 0.15) is 11.4 Å². The van der Waals surface area contributed by atoms with Gasteiger partial charge >= 0.3 is 0 Å². The summed E-state index contributed by atoms with van der Waals surface area (Å²) in [6.45, 7) is 3.55. The molecule has 2 N–H and O–H groups in total. The molecule has 0 bridgehead atoms. The smallest absolute Gasteiger partial charge is 0.248 e. The number of fused-ring (bicyclic) bond motifs is 2. The molecule has 2 aromatic heterocycles. The summed E-state index contributed by atoms with van der Waals surface area (Å²) < 4.78 is 0. The SMILES string of the molecule is CCCc1cc(=O)[nH]c2c1C(=O)c1c(C)cc(=O)[nH]c1C2=O. The van der Waals surface area contributed by atoms with E-state index in [9.17, 15) is 19.2 Å². The lowest BCUT2D eigenvalue weighted by molar-refractivity contribution is 0.0969. The Bertz CT molecular complexity index is 934. The van der Waals surface area contributed by atoms with Crippen LogP contribution in [0.25, 0.3) is 0 Å². The Kier molecular flexibility index (Phi) is 3.16. The van der Waals surface area contributed by atoms with Crippen LogP contribution in [-0.2, 0) is 6.42 Å². The molecule has 0 fully saturated rings. The van der Waals surface area contributed by atoms with E-state index >= 15 is 0 Å². The number of hydrogen-bond donors (Lipinski definition) is 2. The summed E-state index contributed by atoms with van der Waals surface area (Å²) >= 11 is 0. The van der Waals surface area contributed by atoms with E-state index in [1.165, 1.54) is 12.1 Å². The highest BCUT2D eigenvalue weighted by Gasteiger charge is 2.34. The van der Waals surface area contributed by atoms with E-state index in [-0.39, 0.29) is 28.3 Å². The molecule has 6 nitrogen and oxygen atoms in total. The zero-order valence-corrected chi connectivity index (χ0v) is 12.2. The Balaban J connectivity index is 2.38. The predicted octanol–water partition coefficient (Wildman–Crippen LogP) is 1.10. The average Bonchev–Trinajstić information content (AvgIpc) is 2.43. The fourth-order valence-corrected chi connectivity index (χ4v) is 2.91. The summed E-state index contributed by atoms with van der Waals surface area (Å²) in [6, 6.07) is 2.65. The molecule has 1 aliphatic rings. The van der Waals surface area contributed by atoms with E-state index in [0.29, 0.717) is 17.5 Å². The second-order valence-corrected chi connectivity index (χ2v) is 5.38. The molecule has 3 rings (SSSR count). The fraction of sp³-hybridized carbons (Fsp3) is 0.250. The molecule has 22 heavy (non-hydrogen) atoms. The maximum Gasteiger partial charge on any atom is 0.248 e. The van der Waals surface area contributed by atoms with E-state index in [0.717, 1.165) is 6.42 Å². The van der Waals surface area contributed by atoms with Crippen LogP contribution in [0.5, 0.6) is 0 Å². The molecule has 112 valence electrons. The van der Waals surface area contributed by atoms with Crippen molar-refractivity contribution in [1.29, 1.82) is 0 Å². The third-order valence-electron chi connectivity index (χ3n) is 3.79. The number of rotatable bonds is 2. The maximum atomic E-state index is 12.8. The highest BCUT2D eigenvalue weighted by Crippen LogP contribution is 2.28. The van der Waals surface area contributed by atoms with Crippen molar-refractivity contribution in [3.05, 3.63) is 66.5 Å². The molecular weight excluding hydrogens is 284 g/mol. The summed E-state index contributed by atoms with van der Waals surface area (Å²) in [5.74, 6) is -0.862. The van der Waals surface area contributed by atoms with Gasteiger partial charge in [0, 0.05) is 12.1 Å². The topological polar surface area (TPSA) is 99.9 Å². The van der Waals surface area contributed by atoms with Crippen molar-refractivity contribution >= 4 is 11.6 Å². The number of pyridine rings is 2. The Labute approximate surface area is 125 Å². The number of aromatic amines is 2. The quantitative estimate of drug-likeness (QED) is 0.740. The van der Waals surface area contributed by atoms with Crippen LogP contribution >= 0.6 is 0 Å². The average molecular weight is 298 g/mol. The minimum atomic E-state index is -0.527. The molecule has 0 radical (unpaired) electrons. The maximum absolute atomic E-state index is 12.8. The predicted molar refractivity (Wildman–Crippen MR) is 79.7 cm³/mol. The van der Waals surface area contributed by atoms with Gasteiger partial charge in [-0.2, -0.15) is 0 Å².